The van der Waals surface area contributed by atoms with Crippen molar-refractivity contribution in [3.05, 3.63) is 0 Å². The van der Waals surface area contributed by atoms with E-state index >= 15 is 0 Å². The van der Waals surface area contributed by atoms with Crippen molar-refractivity contribution in [2.45, 2.75) is 62.3 Å². The standard InChI is InChI=1S/2C6H11O2.Al.H/c2*1-2-3-6(8)4-5-7;;/h2*5,7H,2-4H2,1H3;;. The molecule has 2 atom stereocenters. The number of aliphatic hydroxyl groups excluding tert-OH is 2. The van der Waals surface area contributed by atoms with Gasteiger partial charge in [-0.25, -0.2) is 0 Å². The molecule has 0 aromatic carbocycles. The maximum absolute atomic E-state index is 11.3. The van der Waals surface area contributed by atoms with Crippen molar-refractivity contribution in [1.82, 2.24) is 0 Å². The number of aliphatic hydroxyl groups is 2. The Morgan fingerprint density at radius 1 is 0.941 bits per heavy atom. The summed E-state index contributed by atoms with van der Waals surface area (Å²) in [4.78, 5) is 21.2. The molecule has 0 amide bonds. The van der Waals surface area contributed by atoms with Crippen LogP contribution in [0.1, 0.15) is 52.4 Å². The van der Waals surface area contributed by atoms with Crippen molar-refractivity contribution in [2.75, 3.05) is 0 Å². The fourth-order valence-corrected chi connectivity index (χ4v) is 3.37. The van der Waals surface area contributed by atoms with Crippen molar-refractivity contribution in [3.8, 4) is 0 Å². The average Bonchev–Trinajstić information content (AvgIpc) is 2.16. The molecule has 5 heteroatoms. The number of Topliss-reactive ketones (excluding diaryl/α,β-unsaturated/α-hetero) is 2. The molecule has 0 heterocycles. The summed E-state index contributed by atoms with van der Waals surface area (Å²) in [7, 11) is 0. The summed E-state index contributed by atoms with van der Waals surface area (Å²) in [5, 5.41) is 19.3. The third kappa shape index (κ3) is 9.49. The van der Waals surface area contributed by atoms with Crippen LogP contribution in [0.2, 0.25) is 0 Å². The van der Waals surface area contributed by atoms with Gasteiger partial charge in [0.25, 0.3) is 0 Å². The second-order valence-corrected chi connectivity index (χ2v) is 6.89. The largest absolute Gasteiger partial charge is 0.408 e. The van der Waals surface area contributed by atoms with E-state index in [2.05, 4.69) is 0 Å². The number of carbonyl (C=O) groups is 2. The monoisotopic (exact) mass is 258 g/mol. The molecule has 0 aliphatic heterocycles. The lowest BCUT2D eigenvalue weighted by molar-refractivity contribution is -0.120. The number of carbonyl (C=O) groups excluding carboxylic acids is 2. The Labute approximate surface area is 109 Å². The van der Waals surface area contributed by atoms with Crippen LogP contribution in [0.4, 0.5) is 0 Å². The fourth-order valence-electron chi connectivity index (χ4n) is 1.77. The zero-order chi connectivity index (χ0) is 13.3. The van der Waals surface area contributed by atoms with E-state index in [1.807, 2.05) is 13.8 Å². The molecule has 0 bridgehead atoms. The van der Waals surface area contributed by atoms with Crippen LogP contribution >= 0.6 is 0 Å². The molecule has 0 spiro atoms. The molecule has 0 rings (SSSR count). The number of hydrogen-bond acceptors (Lipinski definition) is 4. The van der Waals surface area contributed by atoms with Gasteiger partial charge in [0.1, 0.15) is 11.6 Å². The predicted octanol–water partition coefficient (Wildman–Crippen LogP) is 0.578. The predicted molar refractivity (Wildman–Crippen MR) is 68.2 cm³/mol. The molecule has 0 aliphatic carbocycles. The van der Waals surface area contributed by atoms with Gasteiger partial charge >= 0.3 is 15.2 Å². The zero-order valence-electron chi connectivity index (χ0n) is 10.8. The molecule has 2 N–H and O–H groups in total. The van der Waals surface area contributed by atoms with Crippen LogP contribution in [0.25, 0.3) is 0 Å². The van der Waals surface area contributed by atoms with Gasteiger partial charge in [-0.3, -0.25) is 9.59 Å². The summed E-state index contributed by atoms with van der Waals surface area (Å²) in [6, 6.07) is 0. The van der Waals surface area contributed by atoms with Gasteiger partial charge in [0.15, 0.2) is 0 Å². The van der Waals surface area contributed by atoms with E-state index in [-0.39, 0.29) is 24.4 Å². The molecule has 17 heavy (non-hydrogen) atoms. The normalized spacial score (nSPS) is 14.1. The first-order chi connectivity index (χ1) is 7.99. The lowest BCUT2D eigenvalue weighted by atomic mass is 10.2. The Hall–Kier alpha value is -0.208. The Kier molecular flexibility index (Phi) is 9.67. The van der Waals surface area contributed by atoms with E-state index in [0.29, 0.717) is 12.8 Å². The molecule has 0 fully saturated rings. The van der Waals surface area contributed by atoms with Crippen LogP contribution < -0.4 is 0 Å². The molecule has 0 saturated carbocycles. The van der Waals surface area contributed by atoms with Gasteiger partial charge in [0.05, 0.1) is 0 Å². The first-order valence-electron chi connectivity index (χ1n) is 6.39. The Morgan fingerprint density at radius 3 is 1.59 bits per heavy atom. The molecule has 2 unspecified atom stereocenters. The van der Waals surface area contributed by atoms with E-state index in [1.54, 1.807) is 0 Å². The fraction of sp³-hybridized carbons (Fsp3) is 0.833. The summed E-state index contributed by atoms with van der Waals surface area (Å²) in [5.74, 6) is 0.0826. The summed E-state index contributed by atoms with van der Waals surface area (Å²) in [6.45, 7) is 3.83. The smallest absolute Gasteiger partial charge is 0.326 e. The topological polar surface area (TPSA) is 74.6 Å². The Bertz CT molecular complexity index is 219. The highest BCUT2D eigenvalue weighted by Crippen LogP contribution is 2.03. The maximum Gasteiger partial charge on any atom is 0.326 e. The minimum atomic E-state index is -1.19. The van der Waals surface area contributed by atoms with Gasteiger partial charge in [-0.05, 0) is 12.8 Å². The minimum Gasteiger partial charge on any atom is -0.408 e. The van der Waals surface area contributed by atoms with E-state index in [9.17, 15) is 19.8 Å². The van der Waals surface area contributed by atoms with Crippen molar-refractivity contribution >= 4 is 26.8 Å². The number of rotatable bonds is 10. The minimum absolute atomic E-state index is 0.0413. The van der Waals surface area contributed by atoms with Crippen LogP contribution in [-0.4, -0.2) is 46.9 Å². The van der Waals surface area contributed by atoms with Crippen molar-refractivity contribution < 1.29 is 19.8 Å². The van der Waals surface area contributed by atoms with Gasteiger partial charge in [-0.1, -0.05) is 13.8 Å². The third-order valence-electron chi connectivity index (χ3n) is 2.53. The molecule has 0 aromatic rings. The summed E-state index contributed by atoms with van der Waals surface area (Å²) in [5.41, 5.74) is 0. The molecule has 0 aliphatic rings. The van der Waals surface area contributed by atoms with Gasteiger partial charge in [0.2, 0.25) is 0 Å². The van der Waals surface area contributed by atoms with Gasteiger partial charge in [-0.15, -0.1) is 0 Å². The van der Waals surface area contributed by atoms with E-state index < -0.39 is 25.2 Å². The molecule has 0 radical (unpaired) electrons. The van der Waals surface area contributed by atoms with Crippen LogP contribution in [0.15, 0.2) is 0 Å². The molecule has 0 aromatic heterocycles. The van der Waals surface area contributed by atoms with Crippen LogP contribution in [0, 0.1) is 0 Å². The van der Waals surface area contributed by atoms with Crippen LogP contribution in [0.3, 0.4) is 0 Å². The maximum atomic E-state index is 11.3. The summed E-state index contributed by atoms with van der Waals surface area (Å²) in [6.07, 6.45) is 2.81. The number of ketones is 2. The highest BCUT2D eigenvalue weighted by atomic mass is 27.1. The van der Waals surface area contributed by atoms with Crippen molar-refractivity contribution in [3.63, 3.8) is 0 Å². The van der Waals surface area contributed by atoms with E-state index in [4.69, 9.17) is 0 Å². The Morgan fingerprint density at radius 2 is 1.29 bits per heavy atom. The average molecular weight is 258 g/mol. The quantitative estimate of drug-likeness (QED) is 0.562. The van der Waals surface area contributed by atoms with Gasteiger partial charge in [-0.2, -0.15) is 0 Å². The lowest BCUT2D eigenvalue weighted by Crippen LogP contribution is -2.32. The van der Waals surface area contributed by atoms with Crippen molar-refractivity contribution in [1.29, 1.82) is 0 Å². The SMILES string of the molecule is CCCC(=O)C[CH](O)[AlH][CH](O)CC(=O)CCC. The van der Waals surface area contributed by atoms with Crippen molar-refractivity contribution in [2.24, 2.45) is 0 Å². The second-order valence-electron chi connectivity index (χ2n) is 4.53. The highest BCUT2D eigenvalue weighted by molar-refractivity contribution is 6.39. The summed E-state index contributed by atoms with van der Waals surface area (Å²) >= 11 is -1.19. The Balaban J connectivity index is 3.82. The molecule has 98 valence electrons. The number of hydrogen-bond donors (Lipinski definition) is 2. The first kappa shape index (κ1) is 16.8. The van der Waals surface area contributed by atoms with E-state index in [1.165, 1.54) is 0 Å². The van der Waals surface area contributed by atoms with Gasteiger partial charge in [0, 0.05) is 35.6 Å². The molecule has 4 nitrogen and oxygen atoms in total. The van der Waals surface area contributed by atoms with Crippen LogP contribution in [-0.2, 0) is 9.59 Å². The van der Waals surface area contributed by atoms with Gasteiger partial charge < -0.3 is 10.2 Å². The second kappa shape index (κ2) is 9.79. The molecule has 0 saturated heterocycles. The molecular weight excluding hydrogens is 235 g/mol. The highest BCUT2D eigenvalue weighted by Gasteiger charge is 2.20. The summed E-state index contributed by atoms with van der Waals surface area (Å²) < 4.78 is 0. The zero-order valence-corrected chi connectivity index (χ0v) is 12.2. The first-order valence-corrected chi connectivity index (χ1v) is 8.02. The van der Waals surface area contributed by atoms with E-state index in [0.717, 1.165) is 12.8 Å². The van der Waals surface area contributed by atoms with Crippen LogP contribution in [0.5, 0.6) is 0 Å². The molecular formula is C12H23AlO4. The third-order valence-corrected chi connectivity index (χ3v) is 4.19. The lowest BCUT2D eigenvalue weighted by Gasteiger charge is -2.12.